The largest absolute Gasteiger partial charge is 0.507 e. The highest BCUT2D eigenvalue weighted by molar-refractivity contribution is 6.46. The molecule has 34 heavy (non-hydrogen) atoms. The zero-order valence-electron chi connectivity index (χ0n) is 18.9. The van der Waals surface area contributed by atoms with Crippen LogP contribution in [0.15, 0.2) is 48.0 Å². The van der Waals surface area contributed by atoms with Gasteiger partial charge in [0.25, 0.3) is 11.7 Å². The number of amides is 1. The number of carbonyl (C=O) groups is 2. The number of hydrogen-bond acceptors (Lipinski definition) is 7. The molecule has 0 aliphatic carbocycles. The molecule has 2 heterocycles. The van der Waals surface area contributed by atoms with E-state index in [2.05, 4.69) is 4.90 Å². The number of hydrogen-bond donors (Lipinski definition) is 2. The van der Waals surface area contributed by atoms with Crippen molar-refractivity contribution in [2.45, 2.75) is 12.5 Å². The fraction of sp³-hybridized carbons (Fsp3) is 0.360. The summed E-state index contributed by atoms with van der Waals surface area (Å²) in [6.07, 6.45) is 0.620. The highest BCUT2D eigenvalue weighted by Gasteiger charge is 2.46. The molecule has 2 fully saturated rings. The number of nitrogens with zero attached hydrogens (tertiary/aromatic N) is 2. The van der Waals surface area contributed by atoms with Gasteiger partial charge in [-0.3, -0.25) is 14.5 Å². The molecular weight excluding hydrogens is 443 g/mol. The van der Waals surface area contributed by atoms with Crippen LogP contribution in [-0.2, 0) is 14.3 Å². The van der Waals surface area contributed by atoms with Gasteiger partial charge in [-0.1, -0.05) is 6.07 Å². The van der Waals surface area contributed by atoms with Gasteiger partial charge in [-0.25, -0.2) is 4.39 Å². The summed E-state index contributed by atoms with van der Waals surface area (Å²) in [4.78, 5) is 29.8. The number of benzene rings is 2. The second-order valence-electron chi connectivity index (χ2n) is 8.24. The van der Waals surface area contributed by atoms with Crippen molar-refractivity contribution in [1.29, 1.82) is 0 Å². The molecule has 2 aromatic carbocycles. The fourth-order valence-electron chi connectivity index (χ4n) is 4.37. The third kappa shape index (κ3) is 4.76. The number of morpholine rings is 1. The van der Waals surface area contributed by atoms with Crippen molar-refractivity contribution in [2.75, 3.05) is 46.5 Å². The van der Waals surface area contributed by atoms with Crippen molar-refractivity contribution in [2.24, 2.45) is 0 Å². The zero-order chi connectivity index (χ0) is 24.2. The quantitative estimate of drug-likeness (QED) is 0.365. The average molecular weight is 470 g/mol. The van der Waals surface area contributed by atoms with Gasteiger partial charge in [-0.05, 0) is 48.4 Å². The highest BCUT2D eigenvalue weighted by atomic mass is 19.1. The molecule has 9 heteroatoms. The first-order valence-corrected chi connectivity index (χ1v) is 11.1. The summed E-state index contributed by atoms with van der Waals surface area (Å²) in [5.41, 5.74) is 0.642. The number of halogens is 1. The number of rotatable bonds is 7. The summed E-state index contributed by atoms with van der Waals surface area (Å²) in [6, 6.07) is 8.71. The van der Waals surface area contributed by atoms with E-state index in [-0.39, 0.29) is 34.9 Å². The first-order chi connectivity index (χ1) is 16.4. The van der Waals surface area contributed by atoms with Crippen LogP contribution in [-0.4, -0.2) is 78.2 Å². The second kappa shape index (κ2) is 10.2. The number of phenolic OH excluding ortho intramolecular Hbond substituents is 1. The summed E-state index contributed by atoms with van der Waals surface area (Å²) in [6.45, 7) is 3.96. The van der Waals surface area contributed by atoms with Crippen LogP contribution in [0.4, 0.5) is 4.39 Å². The molecule has 2 N–H and O–H groups in total. The summed E-state index contributed by atoms with van der Waals surface area (Å²) >= 11 is 0. The Balaban J connectivity index is 1.70. The van der Waals surface area contributed by atoms with Crippen LogP contribution >= 0.6 is 0 Å². The molecule has 8 nitrogen and oxygen atoms in total. The third-order valence-corrected chi connectivity index (χ3v) is 6.15. The smallest absolute Gasteiger partial charge is 0.295 e. The lowest BCUT2D eigenvalue weighted by Gasteiger charge is -2.29. The Labute approximate surface area is 196 Å². The van der Waals surface area contributed by atoms with Gasteiger partial charge in [-0.15, -0.1) is 0 Å². The molecule has 4 rings (SSSR count). The molecule has 180 valence electrons. The van der Waals surface area contributed by atoms with E-state index in [1.165, 1.54) is 42.3 Å². The Morgan fingerprint density at radius 2 is 1.82 bits per heavy atom. The molecule has 0 unspecified atom stereocenters. The van der Waals surface area contributed by atoms with E-state index in [9.17, 15) is 24.2 Å². The second-order valence-corrected chi connectivity index (χ2v) is 8.24. The molecule has 2 aromatic rings. The van der Waals surface area contributed by atoms with Crippen molar-refractivity contribution in [3.05, 3.63) is 65.0 Å². The van der Waals surface area contributed by atoms with Gasteiger partial charge in [0, 0.05) is 31.7 Å². The first kappa shape index (κ1) is 23.7. The molecule has 1 atom stereocenters. The number of aromatic hydroxyl groups is 1. The van der Waals surface area contributed by atoms with E-state index in [1.54, 1.807) is 12.1 Å². The third-order valence-electron chi connectivity index (χ3n) is 6.15. The molecule has 0 spiro atoms. The number of aliphatic hydroxyl groups is 1. The van der Waals surface area contributed by atoms with Gasteiger partial charge in [0.1, 0.15) is 11.6 Å². The van der Waals surface area contributed by atoms with Gasteiger partial charge >= 0.3 is 0 Å². The average Bonchev–Trinajstić information content (AvgIpc) is 3.10. The molecule has 2 saturated heterocycles. The lowest BCUT2D eigenvalue weighted by atomic mass is 9.95. The molecule has 0 aromatic heterocycles. The lowest BCUT2D eigenvalue weighted by Crippen LogP contribution is -2.38. The summed E-state index contributed by atoms with van der Waals surface area (Å²) < 4.78 is 24.0. The van der Waals surface area contributed by atoms with Crippen molar-refractivity contribution in [1.82, 2.24) is 9.80 Å². The van der Waals surface area contributed by atoms with E-state index in [0.29, 0.717) is 25.2 Å². The Morgan fingerprint density at radius 1 is 1.12 bits per heavy atom. The predicted molar refractivity (Wildman–Crippen MR) is 122 cm³/mol. The number of likely N-dealkylation sites (tertiary alicyclic amines) is 1. The molecule has 0 saturated carbocycles. The summed E-state index contributed by atoms with van der Waals surface area (Å²) in [5, 5.41) is 21.0. The first-order valence-electron chi connectivity index (χ1n) is 11.1. The van der Waals surface area contributed by atoms with Gasteiger partial charge in [0.15, 0.2) is 11.5 Å². The van der Waals surface area contributed by atoms with Crippen molar-refractivity contribution in [3.63, 3.8) is 0 Å². The molecule has 0 radical (unpaired) electrons. The van der Waals surface area contributed by atoms with Crippen LogP contribution in [0.3, 0.4) is 0 Å². The normalized spacial score (nSPS) is 20.6. The maximum atomic E-state index is 13.4. The lowest BCUT2D eigenvalue weighted by molar-refractivity contribution is -0.140. The van der Waals surface area contributed by atoms with Gasteiger partial charge in [0.2, 0.25) is 0 Å². The van der Waals surface area contributed by atoms with Crippen LogP contribution in [0, 0.1) is 5.82 Å². The van der Waals surface area contributed by atoms with Crippen molar-refractivity contribution >= 4 is 17.4 Å². The van der Waals surface area contributed by atoms with Crippen LogP contribution in [0.5, 0.6) is 11.5 Å². The Kier molecular flexibility index (Phi) is 7.14. The number of methoxy groups -OCH3 is 1. The van der Waals surface area contributed by atoms with E-state index < -0.39 is 23.5 Å². The molecular formula is C25H27FN2O6. The Morgan fingerprint density at radius 3 is 2.50 bits per heavy atom. The number of carbonyl (C=O) groups excluding carboxylic acids is 2. The van der Waals surface area contributed by atoms with Gasteiger partial charge in [-0.2, -0.15) is 0 Å². The highest BCUT2D eigenvalue weighted by Crippen LogP contribution is 2.41. The minimum absolute atomic E-state index is 0.0873. The monoisotopic (exact) mass is 470 g/mol. The Bertz CT molecular complexity index is 1100. The minimum atomic E-state index is -0.885. The maximum Gasteiger partial charge on any atom is 0.295 e. The van der Waals surface area contributed by atoms with Crippen LogP contribution in [0.1, 0.15) is 23.6 Å². The van der Waals surface area contributed by atoms with Crippen molar-refractivity contribution in [3.8, 4) is 11.5 Å². The zero-order valence-corrected chi connectivity index (χ0v) is 18.9. The number of ketones is 1. The number of Topliss-reactive ketones (excluding diaryl/α,β-unsaturated/α-hetero) is 1. The van der Waals surface area contributed by atoms with E-state index in [0.717, 1.165) is 19.6 Å². The Hall–Kier alpha value is -3.43. The number of aliphatic hydroxyl groups excluding tert-OH is 1. The van der Waals surface area contributed by atoms with Crippen LogP contribution < -0.4 is 4.74 Å². The number of ether oxygens (including phenoxy) is 2. The predicted octanol–water partition coefficient (Wildman–Crippen LogP) is 2.68. The van der Waals surface area contributed by atoms with Crippen LogP contribution in [0.2, 0.25) is 0 Å². The molecule has 2 aliphatic rings. The minimum Gasteiger partial charge on any atom is -0.507 e. The topological polar surface area (TPSA) is 99.5 Å². The van der Waals surface area contributed by atoms with Crippen molar-refractivity contribution < 1.29 is 33.7 Å². The van der Waals surface area contributed by atoms with Crippen LogP contribution in [0.25, 0.3) is 5.76 Å². The van der Waals surface area contributed by atoms with E-state index >= 15 is 0 Å². The molecule has 1 amide bonds. The number of phenols is 1. The SMILES string of the molecule is COc1cc([C@H]2C(=C(O)c3ccc(F)cc3)C(=O)C(=O)N2CCCN2CCOCC2)ccc1O. The van der Waals surface area contributed by atoms with E-state index in [4.69, 9.17) is 9.47 Å². The fourth-order valence-corrected chi connectivity index (χ4v) is 4.37. The van der Waals surface area contributed by atoms with E-state index in [1.807, 2.05) is 0 Å². The molecule has 2 aliphatic heterocycles. The van der Waals surface area contributed by atoms with Gasteiger partial charge in [0.05, 0.1) is 31.9 Å². The maximum absolute atomic E-state index is 13.4. The summed E-state index contributed by atoms with van der Waals surface area (Å²) in [7, 11) is 1.40. The standard InChI is InChI=1S/C25H27FN2O6/c1-33-20-15-17(5-8-19(20)29)22-21(23(30)16-3-6-18(26)7-4-16)24(31)25(32)28(22)10-2-9-27-11-13-34-14-12-27/h3-8,15,22,29-30H,2,9-14H2,1H3/t22-/m0/s1. The van der Waals surface area contributed by atoms with Gasteiger partial charge < -0.3 is 24.6 Å². The molecule has 0 bridgehead atoms. The summed E-state index contributed by atoms with van der Waals surface area (Å²) in [5.74, 6) is -2.31.